The Kier molecular flexibility index (Phi) is 7.21. The van der Waals surface area contributed by atoms with E-state index in [1.165, 1.54) is 5.56 Å². The number of benzene rings is 2. The largest absolute Gasteiger partial charge is 0.490 e. The lowest BCUT2D eigenvalue weighted by Crippen LogP contribution is -2.33. The van der Waals surface area contributed by atoms with Gasteiger partial charge in [-0.05, 0) is 67.5 Å². The zero-order chi connectivity index (χ0) is 21.7. The minimum Gasteiger partial charge on any atom is -0.490 e. The molecule has 3 rings (SSSR count). The fourth-order valence-corrected chi connectivity index (χ4v) is 5.26. The summed E-state index contributed by atoms with van der Waals surface area (Å²) in [6.07, 6.45) is 3.03. The summed E-state index contributed by atoms with van der Waals surface area (Å²) in [4.78, 5) is 0.433. The maximum absolute atomic E-state index is 13.2. The van der Waals surface area contributed by atoms with Gasteiger partial charge in [0.1, 0.15) is 0 Å². The third-order valence-corrected chi connectivity index (χ3v) is 6.81. The van der Waals surface area contributed by atoms with E-state index >= 15 is 0 Å². The van der Waals surface area contributed by atoms with Gasteiger partial charge in [0.25, 0.3) is 0 Å². The smallest absolute Gasteiger partial charge is 0.237 e. The van der Waals surface area contributed by atoms with E-state index in [9.17, 15) is 8.42 Å². The molecule has 162 valence electrons. The zero-order valence-electron chi connectivity index (χ0n) is 18.1. The second-order valence-corrected chi connectivity index (χ2v) is 9.49. The van der Waals surface area contributed by atoms with E-state index in [0.29, 0.717) is 36.0 Å². The van der Waals surface area contributed by atoms with Crippen molar-refractivity contribution >= 4 is 16.1 Å². The van der Waals surface area contributed by atoms with Crippen LogP contribution in [0.25, 0.3) is 6.08 Å². The summed E-state index contributed by atoms with van der Waals surface area (Å²) in [6, 6.07) is 13.2. The first-order valence-corrected chi connectivity index (χ1v) is 12.0. The molecule has 0 aromatic heterocycles. The molecule has 1 aliphatic rings. The summed E-state index contributed by atoms with van der Waals surface area (Å²) >= 11 is 0. The maximum atomic E-state index is 13.2. The van der Waals surface area contributed by atoms with Gasteiger partial charge in [0.15, 0.2) is 11.5 Å². The molecule has 1 N–H and O–H groups in total. The van der Waals surface area contributed by atoms with Gasteiger partial charge in [-0.15, -0.1) is 0 Å². The second-order valence-electron chi connectivity index (χ2n) is 7.72. The molecule has 0 amide bonds. The summed E-state index contributed by atoms with van der Waals surface area (Å²) in [5.74, 6) is 1.36. The molecule has 0 heterocycles. The van der Waals surface area contributed by atoms with E-state index in [4.69, 9.17) is 9.47 Å². The van der Waals surface area contributed by atoms with Crippen LogP contribution in [-0.2, 0) is 16.4 Å². The highest BCUT2D eigenvalue weighted by Gasteiger charge is 2.28. The molecular formula is C24H31NO4S. The van der Waals surface area contributed by atoms with E-state index in [0.717, 1.165) is 17.5 Å². The molecular weight excluding hydrogens is 398 g/mol. The number of sulfonamides is 1. The number of hydrogen-bond donors (Lipinski definition) is 1. The normalized spacial score (nSPS) is 14.8. The van der Waals surface area contributed by atoms with Crippen LogP contribution >= 0.6 is 0 Å². The van der Waals surface area contributed by atoms with Crippen molar-refractivity contribution in [2.45, 2.75) is 46.6 Å². The molecule has 0 radical (unpaired) electrons. The Morgan fingerprint density at radius 3 is 2.37 bits per heavy atom. The molecule has 0 saturated heterocycles. The minimum atomic E-state index is -3.62. The number of aryl methyl sites for hydroxylation is 1. The lowest BCUT2D eigenvalue weighted by molar-refractivity contribution is 0.287. The highest BCUT2D eigenvalue weighted by molar-refractivity contribution is 7.93. The number of ether oxygens (including phenoxy) is 2. The minimum absolute atomic E-state index is 0.0590. The van der Waals surface area contributed by atoms with Crippen LogP contribution in [0.5, 0.6) is 11.5 Å². The Bertz CT molecular complexity index is 1010. The molecule has 5 nitrogen and oxygen atoms in total. The lowest BCUT2D eigenvalue weighted by Gasteiger charge is -2.25. The van der Waals surface area contributed by atoms with Crippen LogP contribution in [0.1, 0.15) is 56.8 Å². The number of fused-ring (bicyclic) bond motifs is 1. The molecule has 0 bridgehead atoms. The van der Waals surface area contributed by atoms with E-state index < -0.39 is 10.0 Å². The standard InChI is InChI=1S/C24H31NO4S/c1-5-28-22-14-12-20(16-23(22)29-6-2)24(17(3)4)25-30(26,27)21-13-11-18-9-7-8-10-19(18)15-21/h7-10,12,14-17,24-25H,5-6,11,13H2,1-4H3. The summed E-state index contributed by atoms with van der Waals surface area (Å²) < 4.78 is 40.8. The Morgan fingerprint density at radius 1 is 0.967 bits per heavy atom. The molecule has 1 atom stereocenters. The van der Waals surface area contributed by atoms with Crippen LogP contribution in [0.15, 0.2) is 47.4 Å². The van der Waals surface area contributed by atoms with Crippen LogP contribution in [-0.4, -0.2) is 21.6 Å². The first-order chi connectivity index (χ1) is 14.4. The number of hydrogen-bond acceptors (Lipinski definition) is 4. The molecule has 0 fully saturated rings. The molecule has 30 heavy (non-hydrogen) atoms. The SMILES string of the molecule is CCOc1ccc(C(NS(=O)(=O)C2=Cc3ccccc3CC2)C(C)C)cc1OCC. The van der Waals surface area contributed by atoms with Gasteiger partial charge in [-0.2, -0.15) is 0 Å². The van der Waals surface area contributed by atoms with Crippen molar-refractivity contribution in [2.24, 2.45) is 5.92 Å². The molecule has 2 aromatic carbocycles. The van der Waals surface area contributed by atoms with Crippen molar-refractivity contribution in [3.05, 3.63) is 64.1 Å². The van der Waals surface area contributed by atoms with E-state index in [2.05, 4.69) is 10.8 Å². The van der Waals surface area contributed by atoms with Crippen LogP contribution < -0.4 is 14.2 Å². The van der Waals surface area contributed by atoms with Gasteiger partial charge in [-0.3, -0.25) is 0 Å². The van der Waals surface area contributed by atoms with Crippen molar-refractivity contribution in [3.63, 3.8) is 0 Å². The molecule has 6 heteroatoms. The summed E-state index contributed by atoms with van der Waals surface area (Å²) in [5, 5.41) is 0. The van der Waals surface area contributed by atoms with Crippen molar-refractivity contribution < 1.29 is 17.9 Å². The molecule has 0 saturated carbocycles. The Labute approximate surface area is 180 Å². The van der Waals surface area contributed by atoms with Crippen molar-refractivity contribution in [3.8, 4) is 11.5 Å². The molecule has 0 aliphatic heterocycles. The fraction of sp³-hybridized carbons (Fsp3) is 0.417. The summed E-state index contributed by atoms with van der Waals surface area (Å²) in [6.45, 7) is 8.90. The fourth-order valence-electron chi connectivity index (χ4n) is 3.71. The van der Waals surface area contributed by atoms with Gasteiger partial charge in [0, 0.05) is 6.04 Å². The van der Waals surface area contributed by atoms with Gasteiger partial charge in [-0.1, -0.05) is 44.2 Å². The van der Waals surface area contributed by atoms with Gasteiger partial charge in [0.05, 0.1) is 18.1 Å². The Morgan fingerprint density at radius 2 is 1.67 bits per heavy atom. The third-order valence-electron chi connectivity index (χ3n) is 5.23. The monoisotopic (exact) mass is 429 g/mol. The molecule has 0 spiro atoms. The van der Waals surface area contributed by atoms with E-state index in [-0.39, 0.29) is 12.0 Å². The Balaban J connectivity index is 1.91. The van der Waals surface area contributed by atoms with Crippen LogP contribution in [0, 0.1) is 5.92 Å². The third kappa shape index (κ3) is 5.05. The average molecular weight is 430 g/mol. The first-order valence-electron chi connectivity index (χ1n) is 10.6. The van der Waals surface area contributed by atoms with Gasteiger partial charge in [0.2, 0.25) is 10.0 Å². The van der Waals surface area contributed by atoms with Gasteiger partial charge < -0.3 is 9.47 Å². The highest BCUT2D eigenvalue weighted by Crippen LogP contribution is 2.34. The Hall–Kier alpha value is -2.31. The van der Waals surface area contributed by atoms with Crippen LogP contribution in [0.3, 0.4) is 0 Å². The molecule has 1 aliphatic carbocycles. The topological polar surface area (TPSA) is 64.6 Å². The molecule has 2 aromatic rings. The van der Waals surface area contributed by atoms with E-state index in [1.807, 2.05) is 64.1 Å². The first kappa shape index (κ1) is 22.4. The maximum Gasteiger partial charge on any atom is 0.237 e. The average Bonchev–Trinajstić information content (AvgIpc) is 2.73. The van der Waals surface area contributed by atoms with Gasteiger partial charge in [-0.25, -0.2) is 13.1 Å². The predicted octanol–water partition coefficient (Wildman–Crippen LogP) is 5.09. The number of allylic oxidation sites excluding steroid dienone is 1. The molecule has 1 unspecified atom stereocenters. The lowest BCUT2D eigenvalue weighted by atomic mass is 9.97. The summed E-state index contributed by atoms with van der Waals surface area (Å²) in [7, 11) is -3.62. The van der Waals surface area contributed by atoms with Gasteiger partial charge >= 0.3 is 0 Å². The van der Waals surface area contributed by atoms with Crippen molar-refractivity contribution in [1.29, 1.82) is 0 Å². The predicted molar refractivity (Wildman–Crippen MR) is 121 cm³/mol. The van der Waals surface area contributed by atoms with Crippen molar-refractivity contribution in [2.75, 3.05) is 13.2 Å². The number of rotatable bonds is 9. The zero-order valence-corrected chi connectivity index (χ0v) is 19.0. The van der Waals surface area contributed by atoms with E-state index in [1.54, 1.807) is 6.08 Å². The highest BCUT2D eigenvalue weighted by atomic mass is 32.2. The van der Waals surface area contributed by atoms with Crippen LogP contribution in [0.2, 0.25) is 0 Å². The quantitative estimate of drug-likeness (QED) is 0.603. The summed E-state index contributed by atoms with van der Waals surface area (Å²) in [5.41, 5.74) is 3.02. The van der Waals surface area contributed by atoms with Crippen LogP contribution in [0.4, 0.5) is 0 Å². The second kappa shape index (κ2) is 9.67. The van der Waals surface area contributed by atoms with Crippen molar-refractivity contribution in [1.82, 2.24) is 4.72 Å². The number of nitrogens with one attached hydrogen (secondary N) is 1.